The summed E-state index contributed by atoms with van der Waals surface area (Å²) in [4.78, 5) is 31.1. The second-order valence-corrected chi connectivity index (χ2v) is 5.71. The van der Waals surface area contributed by atoms with Crippen LogP contribution in [0.3, 0.4) is 0 Å². The third-order valence-electron chi connectivity index (χ3n) is 4.23. The van der Waals surface area contributed by atoms with Crippen LogP contribution in [0.2, 0.25) is 0 Å². The molecule has 24 heavy (non-hydrogen) atoms. The zero-order valence-corrected chi connectivity index (χ0v) is 13.4. The Bertz CT molecular complexity index is 756. The summed E-state index contributed by atoms with van der Waals surface area (Å²) in [5.74, 6) is -0.0317. The predicted molar refractivity (Wildman–Crippen MR) is 90.2 cm³/mol. The van der Waals surface area contributed by atoms with E-state index >= 15 is 0 Å². The molecule has 0 aliphatic carbocycles. The third-order valence-corrected chi connectivity index (χ3v) is 4.23. The standard InChI is InChI=1S/C17H18N4O3/c1-13-3-2-4-15(16(13)21(23)24)19-9-11-20(12-10-19)17(22)14-5-7-18-8-6-14/h2-8H,9-12H2,1H3. The monoisotopic (exact) mass is 326 g/mol. The highest BCUT2D eigenvalue weighted by Gasteiger charge is 2.27. The summed E-state index contributed by atoms with van der Waals surface area (Å²) >= 11 is 0. The van der Waals surface area contributed by atoms with E-state index in [1.165, 1.54) is 0 Å². The van der Waals surface area contributed by atoms with Gasteiger partial charge in [-0.05, 0) is 25.1 Å². The molecule has 2 heterocycles. The first-order valence-corrected chi connectivity index (χ1v) is 7.76. The first-order valence-electron chi connectivity index (χ1n) is 7.76. The molecule has 0 spiro atoms. The van der Waals surface area contributed by atoms with E-state index in [9.17, 15) is 14.9 Å². The number of nitro benzene ring substituents is 1. The van der Waals surface area contributed by atoms with Gasteiger partial charge in [0.25, 0.3) is 11.6 Å². The lowest BCUT2D eigenvalue weighted by atomic mass is 10.1. The minimum absolute atomic E-state index is 0.0317. The van der Waals surface area contributed by atoms with E-state index in [-0.39, 0.29) is 16.5 Å². The van der Waals surface area contributed by atoms with Crippen LogP contribution in [0.25, 0.3) is 0 Å². The summed E-state index contributed by atoms with van der Waals surface area (Å²) in [7, 11) is 0. The Kier molecular flexibility index (Phi) is 4.41. The van der Waals surface area contributed by atoms with Crippen LogP contribution in [-0.4, -0.2) is 46.9 Å². The van der Waals surface area contributed by atoms with Gasteiger partial charge in [-0.3, -0.25) is 19.9 Å². The first kappa shape index (κ1) is 15.9. The lowest BCUT2D eigenvalue weighted by molar-refractivity contribution is -0.384. The highest BCUT2D eigenvalue weighted by molar-refractivity contribution is 5.94. The number of aromatic nitrogens is 1. The Morgan fingerprint density at radius 3 is 2.42 bits per heavy atom. The third kappa shape index (κ3) is 3.05. The van der Waals surface area contributed by atoms with Crippen LogP contribution in [0.4, 0.5) is 11.4 Å². The van der Waals surface area contributed by atoms with E-state index in [1.54, 1.807) is 48.5 Å². The van der Waals surface area contributed by atoms with Gasteiger partial charge < -0.3 is 9.80 Å². The van der Waals surface area contributed by atoms with Crippen molar-refractivity contribution in [3.05, 3.63) is 64.0 Å². The maximum atomic E-state index is 12.4. The van der Waals surface area contributed by atoms with Gasteiger partial charge >= 0.3 is 0 Å². The summed E-state index contributed by atoms with van der Waals surface area (Å²) in [6, 6.07) is 8.72. The Balaban J connectivity index is 1.73. The van der Waals surface area contributed by atoms with Crippen LogP contribution < -0.4 is 4.90 Å². The number of aryl methyl sites for hydroxylation is 1. The predicted octanol–water partition coefficient (Wildman–Crippen LogP) is 2.26. The number of para-hydroxylation sites is 1. The molecule has 1 aliphatic rings. The minimum Gasteiger partial charge on any atom is -0.362 e. The highest BCUT2D eigenvalue weighted by atomic mass is 16.6. The molecule has 0 saturated carbocycles. The molecule has 7 heteroatoms. The molecule has 0 radical (unpaired) electrons. The number of hydrogen-bond acceptors (Lipinski definition) is 5. The summed E-state index contributed by atoms with van der Waals surface area (Å²) < 4.78 is 0. The number of nitro groups is 1. The molecule has 3 rings (SSSR count). The molecule has 1 fully saturated rings. The van der Waals surface area contributed by atoms with Gasteiger partial charge in [0.05, 0.1) is 4.92 Å². The van der Waals surface area contributed by atoms with Crippen LogP contribution >= 0.6 is 0 Å². The number of piperazine rings is 1. The number of hydrogen-bond donors (Lipinski definition) is 0. The number of nitrogens with zero attached hydrogens (tertiary/aromatic N) is 4. The van der Waals surface area contributed by atoms with Crippen molar-refractivity contribution in [2.24, 2.45) is 0 Å². The van der Waals surface area contributed by atoms with Crippen LogP contribution in [0.15, 0.2) is 42.7 Å². The van der Waals surface area contributed by atoms with Gasteiger partial charge in [-0.1, -0.05) is 12.1 Å². The second kappa shape index (κ2) is 6.66. The molecule has 7 nitrogen and oxygen atoms in total. The molecule has 0 unspecified atom stereocenters. The van der Waals surface area contributed by atoms with E-state index < -0.39 is 0 Å². The summed E-state index contributed by atoms with van der Waals surface area (Å²) in [5.41, 5.74) is 2.02. The van der Waals surface area contributed by atoms with Crippen molar-refractivity contribution in [3.8, 4) is 0 Å². The van der Waals surface area contributed by atoms with E-state index in [4.69, 9.17) is 0 Å². The van der Waals surface area contributed by atoms with Crippen molar-refractivity contribution in [2.45, 2.75) is 6.92 Å². The van der Waals surface area contributed by atoms with Crippen molar-refractivity contribution < 1.29 is 9.72 Å². The fourth-order valence-corrected chi connectivity index (χ4v) is 2.96. The molecule has 0 atom stereocenters. The van der Waals surface area contributed by atoms with Gasteiger partial charge in [-0.15, -0.1) is 0 Å². The average molecular weight is 326 g/mol. The highest BCUT2D eigenvalue weighted by Crippen LogP contribution is 2.31. The summed E-state index contributed by atoms with van der Waals surface area (Å²) in [6.45, 7) is 3.95. The lowest BCUT2D eigenvalue weighted by Gasteiger charge is -2.36. The molecule has 124 valence electrons. The Hall–Kier alpha value is -2.96. The van der Waals surface area contributed by atoms with Gasteiger partial charge in [0.15, 0.2) is 0 Å². The SMILES string of the molecule is Cc1cccc(N2CCN(C(=O)c3ccncc3)CC2)c1[N+](=O)[O-]. The van der Waals surface area contributed by atoms with Gasteiger partial charge in [-0.2, -0.15) is 0 Å². The Morgan fingerprint density at radius 2 is 1.79 bits per heavy atom. The Morgan fingerprint density at radius 1 is 1.12 bits per heavy atom. The van der Waals surface area contributed by atoms with Crippen LogP contribution in [0.1, 0.15) is 15.9 Å². The second-order valence-electron chi connectivity index (χ2n) is 5.71. The van der Waals surface area contributed by atoms with Gasteiger partial charge in [0.1, 0.15) is 5.69 Å². The zero-order valence-electron chi connectivity index (χ0n) is 13.4. The number of anilines is 1. The molecule has 1 saturated heterocycles. The lowest BCUT2D eigenvalue weighted by Crippen LogP contribution is -2.49. The maximum absolute atomic E-state index is 12.4. The number of carbonyl (C=O) groups excluding carboxylic acids is 1. The van der Waals surface area contributed by atoms with E-state index in [0.717, 1.165) is 0 Å². The van der Waals surface area contributed by atoms with E-state index in [0.29, 0.717) is 43.0 Å². The average Bonchev–Trinajstić information content (AvgIpc) is 2.61. The van der Waals surface area contributed by atoms with Crippen molar-refractivity contribution in [3.63, 3.8) is 0 Å². The topological polar surface area (TPSA) is 79.6 Å². The number of rotatable bonds is 3. The molecular weight excluding hydrogens is 308 g/mol. The molecule has 1 aliphatic heterocycles. The van der Waals surface area contributed by atoms with Crippen LogP contribution in [-0.2, 0) is 0 Å². The molecular formula is C17H18N4O3. The quantitative estimate of drug-likeness (QED) is 0.638. The van der Waals surface area contributed by atoms with Gasteiger partial charge in [0, 0.05) is 49.7 Å². The van der Waals surface area contributed by atoms with Crippen molar-refractivity contribution in [1.82, 2.24) is 9.88 Å². The van der Waals surface area contributed by atoms with Crippen molar-refractivity contribution in [1.29, 1.82) is 0 Å². The number of amides is 1. The first-order chi connectivity index (χ1) is 11.6. The molecule has 0 bridgehead atoms. The molecule has 2 aromatic rings. The number of benzene rings is 1. The van der Waals surface area contributed by atoms with Gasteiger partial charge in [-0.25, -0.2) is 0 Å². The molecule has 1 amide bonds. The van der Waals surface area contributed by atoms with Crippen LogP contribution in [0.5, 0.6) is 0 Å². The number of pyridine rings is 1. The Labute approximate surface area is 139 Å². The molecule has 1 aromatic carbocycles. The molecule has 1 aromatic heterocycles. The minimum atomic E-state index is -0.334. The number of carbonyl (C=O) groups is 1. The zero-order chi connectivity index (χ0) is 17.1. The summed E-state index contributed by atoms with van der Waals surface area (Å²) in [5, 5.41) is 11.4. The van der Waals surface area contributed by atoms with Gasteiger partial charge in [0.2, 0.25) is 0 Å². The largest absolute Gasteiger partial charge is 0.362 e. The van der Waals surface area contributed by atoms with Crippen molar-refractivity contribution >= 4 is 17.3 Å². The normalized spacial score (nSPS) is 14.5. The van der Waals surface area contributed by atoms with E-state index in [2.05, 4.69) is 4.98 Å². The van der Waals surface area contributed by atoms with E-state index in [1.807, 2.05) is 11.0 Å². The fourth-order valence-electron chi connectivity index (χ4n) is 2.96. The summed E-state index contributed by atoms with van der Waals surface area (Å²) in [6.07, 6.45) is 3.19. The fraction of sp³-hybridized carbons (Fsp3) is 0.294. The van der Waals surface area contributed by atoms with Crippen molar-refractivity contribution in [2.75, 3.05) is 31.1 Å². The smallest absolute Gasteiger partial charge is 0.295 e. The van der Waals surface area contributed by atoms with Crippen LogP contribution in [0, 0.1) is 17.0 Å². The maximum Gasteiger partial charge on any atom is 0.295 e. The molecule has 0 N–H and O–H groups in total.